The van der Waals surface area contributed by atoms with Crippen molar-refractivity contribution in [1.29, 1.82) is 0 Å². The molecule has 5 heterocycles. The zero-order chi connectivity index (χ0) is 33.3. The SMILES string of the molecule is CCc1nnc2cc(N3CCC(COc4cnc(N5CC(NC(=O)OC(C)(C)C)C(c6cc(F)c(F)cc6F)C5)nc4)CC3)ncn12. The maximum Gasteiger partial charge on any atom is 0.407 e. The number of halogens is 3. The first-order chi connectivity index (χ1) is 22.5. The van der Waals surface area contributed by atoms with Gasteiger partial charge in [-0.15, -0.1) is 10.2 Å². The number of nitrogens with one attached hydrogen (secondary N) is 1. The number of aryl methyl sites for hydroxylation is 1. The summed E-state index contributed by atoms with van der Waals surface area (Å²) in [7, 11) is 0. The number of benzene rings is 1. The van der Waals surface area contributed by atoms with Gasteiger partial charge in [-0.05, 0) is 51.2 Å². The van der Waals surface area contributed by atoms with Gasteiger partial charge >= 0.3 is 6.09 Å². The lowest BCUT2D eigenvalue weighted by atomic mass is 9.93. The van der Waals surface area contributed by atoms with Crippen LogP contribution in [0, 0.1) is 23.4 Å². The van der Waals surface area contributed by atoms with Crippen molar-refractivity contribution < 1.29 is 27.4 Å². The number of amides is 1. The average Bonchev–Trinajstić information content (AvgIpc) is 3.65. The van der Waals surface area contributed by atoms with Gasteiger partial charge < -0.3 is 24.6 Å². The Labute approximate surface area is 270 Å². The highest BCUT2D eigenvalue weighted by atomic mass is 19.2. The number of alkyl carbamates (subject to hydrolysis) is 1. The van der Waals surface area contributed by atoms with Crippen molar-refractivity contribution in [1.82, 2.24) is 34.9 Å². The molecule has 4 aromatic rings. The van der Waals surface area contributed by atoms with E-state index in [9.17, 15) is 18.0 Å². The van der Waals surface area contributed by atoms with Crippen LogP contribution in [0.4, 0.5) is 29.7 Å². The summed E-state index contributed by atoms with van der Waals surface area (Å²) in [5.41, 5.74) is -0.0273. The van der Waals surface area contributed by atoms with Gasteiger partial charge in [-0.25, -0.2) is 32.9 Å². The van der Waals surface area contributed by atoms with Crippen LogP contribution < -0.4 is 19.9 Å². The minimum atomic E-state index is -1.28. The van der Waals surface area contributed by atoms with Gasteiger partial charge in [0.2, 0.25) is 5.95 Å². The van der Waals surface area contributed by atoms with Crippen LogP contribution in [0.1, 0.15) is 57.8 Å². The van der Waals surface area contributed by atoms with Crippen LogP contribution in [0.15, 0.2) is 36.9 Å². The van der Waals surface area contributed by atoms with E-state index in [4.69, 9.17) is 9.47 Å². The first-order valence-corrected chi connectivity index (χ1v) is 15.8. The van der Waals surface area contributed by atoms with Crippen LogP contribution in [0.3, 0.4) is 0 Å². The van der Waals surface area contributed by atoms with Crippen molar-refractivity contribution in [3.63, 3.8) is 0 Å². The van der Waals surface area contributed by atoms with E-state index < -0.39 is 41.1 Å². The molecule has 2 fully saturated rings. The zero-order valence-corrected chi connectivity index (χ0v) is 26.8. The maximum absolute atomic E-state index is 14.8. The molecule has 3 aromatic heterocycles. The topological polar surface area (TPSA) is 123 Å². The van der Waals surface area contributed by atoms with Gasteiger partial charge in [-0.2, -0.15) is 0 Å². The minimum Gasteiger partial charge on any atom is -0.490 e. The number of rotatable bonds is 8. The molecule has 2 aliphatic rings. The molecule has 12 nitrogen and oxygen atoms in total. The Balaban J connectivity index is 1.06. The smallest absolute Gasteiger partial charge is 0.407 e. The summed E-state index contributed by atoms with van der Waals surface area (Å²) >= 11 is 0. The molecule has 0 radical (unpaired) electrons. The van der Waals surface area contributed by atoms with Gasteiger partial charge in [0, 0.05) is 50.7 Å². The van der Waals surface area contributed by atoms with Crippen molar-refractivity contribution in [2.75, 3.05) is 42.6 Å². The number of anilines is 2. The number of ether oxygens (including phenoxy) is 2. The fourth-order valence-corrected chi connectivity index (χ4v) is 6.04. The van der Waals surface area contributed by atoms with Gasteiger partial charge in [-0.1, -0.05) is 6.92 Å². The summed E-state index contributed by atoms with van der Waals surface area (Å²) < 4.78 is 56.0. The van der Waals surface area contributed by atoms with Crippen LogP contribution in [0.5, 0.6) is 5.75 Å². The summed E-state index contributed by atoms with van der Waals surface area (Å²) in [5, 5.41) is 11.2. The standard InChI is InChI=1S/C32H38F3N9O3/c1-5-27-40-41-29-12-28(38-18-44(27)29)42-8-6-19(7-9-42)17-46-20-13-36-30(37-14-20)43-15-22(21-10-24(34)25(35)11-23(21)33)26(16-43)39-31(45)47-32(2,3)4/h10-14,18-19,22,26H,5-9,15-17H2,1-4H3,(H,39,45). The fraction of sp³-hybridized carbons (Fsp3) is 0.500. The second-order valence-electron chi connectivity index (χ2n) is 13.0. The third-order valence-corrected chi connectivity index (χ3v) is 8.46. The third-order valence-electron chi connectivity index (χ3n) is 8.46. The first kappa shape index (κ1) is 32.3. The number of carbonyl (C=O) groups is 1. The van der Waals surface area contributed by atoms with Gasteiger partial charge in [-0.3, -0.25) is 4.40 Å². The van der Waals surface area contributed by atoms with Crippen molar-refractivity contribution in [2.24, 2.45) is 5.92 Å². The quantitative estimate of drug-likeness (QED) is 0.268. The monoisotopic (exact) mass is 653 g/mol. The Morgan fingerprint density at radius 3 is 2.38 bits per heavy atom. The molecule has 6 rings (SSSR count). The summed E-state index contributed by atoms with van der Waals surface area (Å²) in [6.45, 7) is 9.75. The normalized spacial score (nSPS) is 19.0. The lowest BCUT2D eigenvalue weighted by Gasteiger charge is -2.32. The molecule has 1 N–H and O–H groups in total. The molecule has 1 amide bonds. The molecule has 2 saturated heterocycles. The fourth-order valence-electron chi connectivity index (χ4n) is 6.04. The Morgan fingerprint density at radius 2 is 1.68 bits per heavy atom. The van der Waals surface area contributed by atoms with Crippen LogP contribution >= 0.6 is 0 Å². The summed E-state index contributed by atoms with van der Waals surface area (Å²) in [4.78, 5) is 30.1. The van der Waals surface area contributed by atoms with E-state index >= 15 is 0 Å². The molecular formula is C32H38F3N9O3. The Kier molecular flexibility index (Phi) is 9.06. The Bertz CT molecular complexity index is 1720. The average molecular weight is 654 g/mol. The molecule has 250 valence electrons. The third kappa shape index (κ3) is 7.33. The predicted octanol–water partition coefficient (Wildman–Crippen LogP) is 4.69. The highest BCUT2D eigenvalue weighted by Crippen LogP contribution is 2.33. The minimum absolute atomic E-state index is 0.0565. The van der Waals surface area contributed by atoms with E-state index in [1.807, 2.05) is 17.4 Å². The van der Waals surface area contributed by atoms with E-state index in [0.29, 0.717) is 30.3 Å². The molecule has 0 bridgehead atoms. The number of nitrogens with zero attached hydrogens (tertiary/aromatic N) is 8. The molecule has 2 atom stereocenters. The highest BCUT2D eigenvalue weighted by Gasteiger charge is 2.39. The number of hydrogen-bond acceptors (Lipinski definition) is 10. The van der Waals surface area contributed by atoms with Crippen LogP contribution in [-0.2, 0) is 11.2 Å². The lowest BCUT2D eigenvalue weighted by molar-refractivity contribution is 0.0504. The van der Waals surface area contributed by atoms with Crippen molar-refractivity contribution in [2.45, 2.75) is 64.5 Å². The number of carbonyl (C=O) groups excluding carboxylic acids is 1. The molecule has 15 heteroatoms. The van der Waals surface area contributed by atoms with E-state index in [2.05, 4.69) is 35.4 Å². The van der Waals surface area contributed by atoms with E-state index in [-0.39, 0.29) is 18.7 Å². The molecule has 1 aromatic carbocycles. The zero-order valence-electron chi connectivity index (χ0n) is 26.8. The first-order valence-electron chi connectivity index (χ1n) is 15.8. The largest absolute Gasteiger partial charge is 0.490 e. The van der Waals surface area contributed by atoms with Gasteiger partial charge in [0.05, 0.1) is 25.0 Å². The molecule has 0 spiro atoms. The number of aromatic nitrogens is 6. The molecular weight excluding hydrogens is 615 g/mol. The molecule has 2 aliphatic heterocycles. The van der Waals surface area contributed by atoms with Crippen LogP contribution in [0.25, 0.3) is 5.65 Å². The molecule has 2 unspecified atom stereocenters. The van der Waals surface area contributed by atoms with Crippen LogP contribution in [0.2, 0.25) is 0 Å². The van der Waals surface area contributed by atoms with Gasteiger partial charge in [0.1, 0.15) is 29.4 Å². The Hall–Kier alpha value is -4.69. The van der Waals surface area contributed by atoms with E-state index in [1.54, 1.807) is 44.4 Å². The maximum atomic E-state index is 14.8. The number of piperidine rings is 1. The molecule has 0 aliphatic carbocycles. The van der Waals surface area contributed by atoms with Crippen molar-refractivity contribution >= 4 is 23.5 Å². The summed E-state index contributed by atoms with van der Waals surface area (Å²) in [6.07, 6.45) is 6.87. The van der Waals surface area contributed by atoms with Gasteiger partial charge in [0.15, 0.2) is 23.0 Å². The van der Waals surface area contributed by atoms with Crippen molar-refractivity contribution in [3.8, 4) is 5.75 Å². The number of hydrogen-bond donors (Lipinski definition) is 1. The summed E-state index contributed by atoms with van der Waals surface area (Å²) in [5.74, 6) is -1.12. The second-order valence-corrected chi connectivity index (χ2v) is 13.0. The predicted molar refractivity (Wildman–Crippen MR) is 167 cm³/mol. The number of fused-ring (bicyclic) bond motifs is 1. The Morgan fingerprint density at radius 1 is 0.957 bits per heavy atom. The van der Waals surface area contributed by atoms with Crippen molar-refractivity contribution in [3.05, 3.63) is 65.8 Å². The van der Waals surface area contributed by atoms with Gasteiger partial charge in [0.25, 0.3) is 0 Å². The molecule has 47 heavy (non-hydrogen) atoms. The molecule has 0 saturated carbocycles. The van der Waals surface area contributed by atoms with E-state index in [0.717, 1.165) is 55.7 Å². The highest BCUT2D eigenvalue weighted by molar-refractivity contribution is 5.68. The van der Waals surface area contributed by atoms with E-state index in [1.165, 1.54) is 0 Å². The van der Waals surface area contributed by atoms with Crippen LogP contribution in [-0.4, -0.2) is 80.1 Å². The summed E-state index contributed by atoms with van der Waals surface area (Å²) in [6, 6.07) is 2.63. The second kappa shape index (κ2) is 13.2. The lowest BCUT2D eigenvalue weighted by Crippen LogP contribution is -2.43.